The molecule has 1 amide bonds. The van der Waals surface area contributed by atoms with Crippen molar-refractivity contribution in [3.63, 3.8) is 0 Å². The third-order valence-corrected chi connectivity index (χ3v) is 5.55. The molecule has 2 aliphatic rings. The maximum Gasteiger partial charge on any atom is 0.225 e. The minimum atomic E-state index is -0.0282. The molecule has 8 heteroatoms. The zero-order valence-corrected chi connectivity index (χ0v) is 15.5. The Morgan fingerprint density at radius 3 is 2.89 bits per heavy atom. The van der Waals surface area contributed by atoms with Gasteiger partial charge in [0.05, 0.1) is 30.6 Å². The fourth-order valence-corrected chi connectivity index (χ4v) is 4.38. The lowest BCUT2D eigenvalue weighted by atomic mass is 9.83. The van der Waals surface area contributed by atoms with E-state index in [4.69, 9.17) is 9.84 Å². The third kappa shape index (κ3) is 2.59. The van der Waals surface area contributed by atoms with Gasteiger partial charge in [0, 0.05) is 49.1 Å². The molecule has 1 atom stereocenters. The number of nitrogens with one attached hydrogen (secondary N) is 2. The highest BCUT2D eigenvalue weighted by molar-refractivity contribution is 5.98. The number of hydrogen-bond acceptors (Lipinski definition) is 5. The molecular weight excluding hydrogens is 344 g/mol. The SMILES string of the molecule is Cc1nn(C)c(N2CCOCC2)c1C1CC(=O)Nc2cc3[nH]ncc3cc21. The van der Waals surface area contributed by atoms with Gasteiger partial charge in [-0.05, 0) is 24.6 Å². The van der Waals surface area contributed by atoms with Gasteiger partial charge in [0.15, 0.2) is 0 Å². The van der Waals surface area contributed by atoms with Crippen LogP contribution < -0.4 is 10.2 Å². The van der Waals surface area contributed by atoms with E-state index in [2.05, 4.69) is 26.5 Å². The summed E-state index contributed by atoms with van der Waals surface area (Å²) < 4.78 is 7.46. The summed E-state index contributed by atoms with van der Waals surface area (Å²) in [5.74, 6) is 1.09. The van der Waals surface area contributed by atoms with Crippen LogP contribution in [0.15, 0.2) is 18.3 Å². The first-order valence-corrected chi connectivity index (χ1v) is 9.25. The van der Waals surface area contributed by atoms with E-state index < -0.39 is 0 Å². The molecule has 2 aliphatic heterocycles. The Labute approximate surface area is 156 Å². The zero-order chi connectivity index (χ0) is 18.5. The van der Waals surface area contributed by atoms with Crippen LogP contribution >= 0.6 is 0 Å². The highest BCUT2D eigenvalue weighted by atomic mass is 16.5. The minimum Gasteiger partial charge on any atom is -0.378 e. The molecule has 2 aromatic heterocycles. The van der Waals surface area contributed by atoms with E-state index in [-0.39, 0.29) is 11.8 Å². The smallest absolute Gasteiger partial charge is 0.225 e. The number of anilines is 2. The number of amides is 1. The van der Waals surface area contributed by atoms with Gasteiger partial charge in [-0.3, -0.25) is 14.6 Å². The van der Waals surface area contributed by atoms with Crippen molar-refractivity contribution in [3.05, 3.63) is 35.2 Å². The molecule has 1 aromatic carbocycles. The summed E-state index contributed by atoms with van der Waals surface area (Å²) in [5.41, 5.74) is 5.00. The Morgan fingerprint density at radius 1 is 1.26 bits per heavy atom. The number of morpholine rings is 1. The molecule has 0 saturated carbocycles. The van der Waals surface area contributed by atoms with Gasteiger partial charge in [-0.1, -0.05) is 0 Å². The maximum absolute atomic E-state index is 12.5. The number of benzene rings is 1. The number of carbonyl (C=O) groups is 1. The molecule has 0 bridgehead atoms. The van der Waals surface area contributed by atoms with E-state index in [9.17, 15) is 4.79 Å². The number of rotatable bonds is 2. The molecule has 27 heavy (non-hydrogen) atoms. The molecule has 1 fully saturated rings. The standard InChI is InChI=1S/C19H22N6O2/c1-11-18(19(24(2)23-11)25-3-5-27-6-4-25)14-8-17(26)21-16-9-15-12(7-13(14)16)10-20-22-15/h7,9-10,14H,3-6,8H2,1-2H3,(H,20,22)(H,21,26). The molecule has 0 aliphatic carbocycles. The van der Waals surface area contributed by atoms with Crippen LogP contribution in [0.25, 0.3) is 10.9 Å². The van der Waals surface area contributed by atoms with Crippen molar-refractivity contribution in [1.29, 1.82) is 0 Å². The van der Waals surface area contributed by atoms with Gasteiger partial charge in [0.2, 0.25) is 5.91 Å². The van der Waals surface area contributed by atoms with Gasteiger partial charge in [-0.15, -0.1) is 0 Å². The van der Waals surface area contributed by atoms with Crippen LogP contribution in [0.2, 0.25) is 0 Å². The van der Waals surface area contributed by atoms with Crippen molar-refractivity contribution in [2.24, 2.45) is 7.05 Å². The number of aromatic amines is 1. The van der Waals surface area contributed by atoms with Crippen LogP contribution in [0.3, 0.4) is 0 Å². The lowest BCUT2D eigenvalue weighted by Crippen LogP contribution is -2.38. The topological polar surface area (TPSA) is 88.1 Å². The number of hydrogen-bond donors (Lipinski definition) is 2. The second-order valence-corrected chi connectivity index (χ2v) is 7.25. The Kier molecular flexibility index (Phi) is 3.68. The lowest BCUT2D eigenvalue weighted by molar-refractivity contribution is -0.116. The summed E-state index contributed by atoms with van der Waals surface area (Å²) in [7, 11) is 1.98. The van der Waals surface area contributed by atoms with Crippen molar-refractivity contribution in [2.75, 3.05) is 36.5 Å². The molecule has 4 heterocycles. The number of fused-ring (bicyclic) bond motifs is 2. The van der Waals surface area contributed by atoms with Gasteiger partial charge in [-0.2, -0.15) is 10.2 Å². The van der Waals surface area contributed by atoms with Crippen LogP contribution in [0.1, 0.15) is 29.2 Å². The van der Waals surface area contributed by atoms with Crippen molar-refractivity contribution in [1.82, 2.24) is 20.0 Å². The summed E-state index contributed by atoms with van der Waals surface area (Å²) in [6.07, 6.45) is 2.24. The van der Waals surface area contributed by atoms with Gasteiger partial charge >= 0.3 is 0 Å². The first-order valence-electron chi connectivity index (χ1n) is 9.25. The molecule has 3 aromatic rings. The summed E-state index contributed by atoms with van der Waals surface area (Å²) in [6, 6.07) is 4.11. The van der Waals surface area contributed by atoms with Crippen molar-refractivity contribution in [2.45, 2.75) is 19.3 Å². The molecule has 2 N–H and O–H groups in total. The quantitative estimate of drug-likeness (QED) is 0.723. The number of carbonyl (C=O) groups excluding carboxylic acids is 1. The van der Waals surface area contributed by atoms with E-state index in [0.717, 1.165) is 52.3 Å². The predicted molar refractivity (Wildman–Crippen MR) is 102 cm³/mol. The average Bonchev–Trinajstić information content (AvgIpc) is 3.22. The molecule has 0 spiro atoms. The van der Waals surface area contributed by atoms with Crippen molar-refractivity contribution in [3.8, 4) is 0 Å². The molecule has 5 rings (SSSR count). The number of H-pyrrole nitrogens is 1. The first kappa shape index (κ1) is 16.3. The second-order valence-electron chi connectivity index (χ2n) is 7.25. The van der Waals surface area contributed by atoms with Crippen LogP contribution in [-0.2, 0) is 16.6 Å². The van der Waals surface area contributed by atoms with E-state index >= 15 is 0 Å². The largest absolute Gasteiger partial charge is 0.378 e. The van der Waals surface area contributed by atoms with Crippen molar-refractivity contribution >= 4 is 28.3 Å². The molecule has 1 unspecified atom stereocenters. The van der Waals surface area contributed by atoms with Crippen LogP contribution in [-0.4, -0.2) is 52.2 Å². The van der Waals surface area contributed by atoms with Gasteiger partial charge in [0.25, 0.3) is 0 Å². The summed E-state index contributed by atoms with van der Waals surface area (Å²) >= 11 is 0. The zero-order valence-electron chi connectivity index (χ0n) is 15.5. The van der Waals surface area contributed by atoms with Gasteiger partial charge in [0.1, 0.15) is 5.82 Å². The Bertz CT molecular complexity index is 1030. The fourth-order valence-electron chi connectivity index (χ4n) is 4.38. The number of ether oxygens (including phenoxy) is 1. The molecular formula is C19H22N6O2. The normalized spacial score (nSPS) is 20.0. The number of aryl methyl sites for hydroxylation is 2. The second kappa shape index (κ2) is 6.09. The highest BCUT2D eigenvalue weighted by Gasteiger charge is 2.34. The Balaban J connectivity index is 1.68. The average molecular weight is 366 g/mol. The van der Waals surface area contributed by atoms with Gasteiger partial charge in [-0.25, -0.2) is 0 Å². The van der Waals surface area contributed by atoms with Crippen LogP contribution in [0.5, 0.6) is 0 Å². The van der Waals surface area contributed by atoms with Crippen LogP contribution in [0.4, 0.5) is 11.5 Å². The first-order chi connectivity index (χ1) is 13.1. The van der Waals surface area contributed by atoms with E-state index in [1.165, 1.54) is 0 Å². The van der Waals surface area contributed by atoms with Crippen LogP contribution in [0, 0.1) is 6.92 Å². The van der Waals surface area contributed by atoms with E-state index in [0.29, 0.717) is 19.6 Å². The Morgan fingerprint density at radius 2 is 2.07 bits per heavy atom. The molecule has 1 saturated heterocycles. The summed E-state index contributed by atoms with van der Waals surface area (Å²) in [5, 5.41) is 15.9. The summed E-state index contributed by atoms with van der Waals surface area (Å²) in [6.45, 7) is 5.11. The highest BCUT2D eigenvalue weighted by Crippen LogP contribution is 2.43. The Hall–Kier alpha value is -2.87. The monoisotopic (exact) mass is 366 g/mol. The van der Waals surface area contributed by atoms with Crippen molar-refractivity contribution < 1.29 is 9.53 Å². The number of nitrogens with zero attached hydrogens (tertiary/aromatic N) is 4. The van der Waals surface area contributed by atoms with E-state index in [1.807, 2.05) is 30.9 Å². The van der Waals surface area contributed by atoms with Gasteiger partial charge < -0.3 is 15.0 Å². The lowest BCUT2D eigenvalue weighted by Gasteiger charge is -2.32. The molecule has 140 valence electrons. The fraction of sp³-hybridized carbons (Fsp3) is 0.421. The third-order valence-electron chi connectivity index (χ3n) is 5.55. The summed E-state index contributed by atoms with van der Waals surface area (Å²) in [4.78, 5) is 14.8. The minimum absolute atomic E-state index is 0.0282. The maximum atomic E-state index is 12.5. The number of aromatic nitrogens is 4. The molecule has 8 nitrogen and oxygen atoms in total. The predicted octanol–water partition coefficient (Wildman–Crippen LogP) is 1.92. The van der Waals surface area contributed by atoms with E-state index in [1.54, 1.807) is 0 Å². The molecule has 0 radical (unpaired) electrons.